The molecule has 0 bridgehead atoms. The van der Waals surface area contributed by atoms with Gasteiger partial charge in [0.15, 0.2) is 5.76 Å². The average molecular weight is 465 g/mol. The minimum absolute atomic E-state index is 0.204. The Labute approximate surface area is 182 Å². The summed E-state index contributed by atoms with van der Waals surface area (Å²) < 4.78 is 17.3. The summed E-state index contributed by atoms with van der Waals surface area (Å²) in [6.07, 6.45) is 1.66. The van der Waals surface area contributed by atoms with Crippen LogP contribution in [0.1, 0.15) is 31.8 Å². The number of allylic oxidation sites excluding steroid dienone is 1. The molecule has 0 saturated carbocycles. The predicted molar refractivity (Wildman–Crippen MR) is 116 cm³/mol. The number of ketones is 1. The van der Waals surface area contributed by atoms with Crippen LogP contribution in [0.5, 0.6) is 17.2 Å². The molecule has 0 fully saturated rings. The second-order valence-corrected chi connectivity index (χ2v) is 7.51. The van der Waals surface area contributed by atoms with Gasteiger partial charge in [0.25, 0.3) is 0 Å². The van der Waals surface area contributed by atoms with Gasteiger partial charge < -0.3 is 14.2 Å². The Kier molecular flexibility index (Phi) is 5.42. The molecule has 0 saturated heterocycles. The zero-order valence-electron chi connectivity index (χ0n) is 16.3. The van der Waals surface area contributed by atoms with E-state index >= 15 is 0 Å². The standard InChI is InChI=1S/C24H17BrO5/c1-14-20(30-24(27)17-8-3-4-9-19(17)25)11-10-18-22(26)21(29-23(14)18)13-15-6-5-7-16(12-15)28-2/h3-13H,1-2H3/b21-13-. The van der Waals surface area contributed by atoms with Crippen molar-refractivity contribution in [1.82, 2.24) is 0 Å². The van der Waals surface area contributed by atoms with Gasteiger partial charge in [-0.2, -0.15) is 0 Å². The first-order valence-electron chi connectivity index (χ1n) is 9.16. The van der Waals surface area contributed by atoms with E-state index in [2.05, 4.69) is 15.9 Å². The quantitative estimate of drug-likeness (QED) is 0.285. The van der Waals surface area contributed by atoms with Gasteiger partial charge in [-0.3, -0.25) is 4.79 Å². The Balaban J connectivity index is 1.62. The number of hydrogen-bond acceptors (Lipinski definition) is 5. The van der Waals surface area contributed by atoms with Crippen molar-refractivity contribution >= 4 is 33.8 Å². The second kappa shape index (κ2) is 8.16. The van der Waals surface area contributed by atoms with Crippen LogP contribution < -0.4 is 14.2 Å². The highest BCUT2D eigenvalue weighted by atomic mass is 79.9. The highest BCUT2D eigenvalue weighted by Crippen LogP contribution is 2.39. The summed E-state index contributed by atoms with van der Waals surface area (Å²) in [4.78, 5) is 25.3. The molecule has 3 aromatic rings. The highest BCUT2D eigenvalue weighted by molar-refractivity contribution is 9.10. The van der Waals surface area contributed by atoms with E-state index in [0.717, 1.165) is 5.56 Å². The molecule has 5 nitrogen and oxygen atoms in total. The van der Waals surface area contributed by atoms with Crippen molar-refractivity contribution in [2.45, 2.75) is 6.92 Å². The van der Waals surface area contributed by atoms with Gasteiger partial charge in [0.1, 0.15) is 17.2 Å². The molecule has 1 aliphatic rings. The summed E-state index contributed by atoms with van der Waals surface area (Å²) in [6.45, 7) is 1.75. The van der Waals surface area contributed by atoms with Crippen molar-refractivity contribution in [2.75, 3.05) is 7.11 Å². The first-order chi connectivity index (χ1) is 14.5. The summed E-state index contributed by atoms with van der Waals surface area (Å²) in [6, 6.07) is 17.6. The monoisotopic (exact) mass is 464 g/mol. The van der Waals surface area contributed by atoms with Crippen LogP contribution in [-0.4, -0.2) is 18.9 Å². The van der Waals surface area contributed by atoms with Crippen molar-refractivity contribution in [2.24, 2.45) is 0 Å². The van der Waals surface area contributed by atoms with Crippen LogP contribution in [0.15, 0.2) is 70.9 Å². The van der Waals surface area contributed by atoms with Crippen molar-refractivity contribution in [3.8, 4) is 17.2 Å². The third-order valence-corrected chi connectivity index (χ3v) is 5.42. The summed E-state index contributed by atoms with van der Waals surface area (Å²) in [5.74, 6) is 0.901. The molecule has 0 aliphatic carbocycles. The molecular weight excluding hydrogens is 448 g/mol. The predicted octanol–water partition coefficient (Wildman–Crippen LogP) is 5.60. The average Bonchev–Trinajstić information content (AvgIpc) is 3.06. The molecule has 3 aromatic carbocycles. The maximum atomic E-state index is 12.8. The largest absolute Gasteiger partial charge is 0.497 e. The summed E-state index contributed by atoms with van der Waals surface area (Å²) >= 11 is 3.35. The van der Waals surface area contributed by atoms with Crippen molar-refractivity contribution < 1.29 is 23.8 Å². The molecule has 0 N–H and O–H groups in total. The van der Waals surface area contributed by atoms with E-state index in [9.17, 15) is 9.59 Å². The zero-order valence-corrected chi connectivity index (χ0v) is 17.9. The number of esters is 1. The van der Waals surface area contributed by atoms with E-state index in [-0.39, 0.29) is 11.5 Å². The molecule has 4 rings (SSSR count). The second-order valence-electron chi connectivity index (χ2n) is 6.65. The van der Waals surface area contributed by atoms with Gasteiger partial charge in [-0.15, -0.1) is 0 Å². The maximum absolute atomic E-state index is 12.8. The van der Waals surface area contributed by atoms with Gasteiger partial charge in [-0.25, -0.2) is 4.79 Å². The fraction of sp³-hybridized carbons (Fsp3) is 0.0833. The van der Waals surface area contributed by atoms with E-state index in [1.54, 1.807) is 50.4 Å². The van der Waals surface area contributed by atoms with Gasteiger partial charge in [-0.1, -0.05) is 24.3 Å². The lowest BCUT2D eigenvalue weighted by atomic mass is 10.1. The van der Waals surface area contributed by atoms with E-state index in [1.165, 1.54) is 0 Å². The number of ether oxygens (including phenoxy) is 3. The lowest BCUT2D eigenvalue weighted by Gasteiger charge is -2.10. The van der Waals surface area contributed by atoms with Crippen LogP contribution in [0, 0.1) is 6.92 Å². The summed E-state index contributed by atoms with van der Waals surface area (Å²) in [5.41, 5.74) is 2.20. The van der Waals surface area contributed by atoms with E-state index in [0.29, 0.717) is 38.4 Å². The van der Waals surface area contributed by atoms with E-state index in [4.69, 9.17) is 14.2 Å². The smallest absolute Gasteiger partial charge is 0.344 e. The van der Waals surface area contributed by atoms with Crippen LogP contribution in [0.3, 0.4) is 0 Å². The lowest BCUT2D eigenvalue weighted by Crippen LogP contribution is -2.10. The van der Waals surface area contributed by atoms with Gasteiger partial charge in [0, 0.05) is 10.0 Å². The Morgan fingerprint density at radius 1 is 1.07 bits per heavy atom. The molecule has 0 atom stereocenters. The topological polar surface area (TPSA) is 61.8 Å². The molecule has 0 aromatic heterocycles. The van der Waals surface area contributed by atoms with Gasteiger partial charge in [0.05, 0.1) is 18.2 Å². The molecular formula is C24H17BrO5. The molecule has 1 aliphatic heterocycles. The van der Waals surface area contributed by atoms with E-state index < -0.39 is 5.97 Å². The fourth-order valence-electron chi connectivity index (χ4n) is 3.14. The van der Waals surface area contributed by atoms with Crippen LogP contribution in [0.25, 0.3) is 6.08 Å². The van der Waals surface area contributed by atoms with Crippen LogP contribution >= 0.6 is 15.9 Å². The normalized spacial score (nSPS) is 13.7. The number of fused-ring (bicyclic) bond motifs is 1. The summed E-state index contributed by atoms with van der Waals surface area (Å²) in [5, 5.41) is 0. The third-order valence-electron chi connectivity index (χ3n) is 4.72. The molecule has 1 heterocycles. The molecule has 0 amide bonds. The highest BCUT2D eigenvalue weighted by Gasteiger charge is 2.30. The summed E-state index contributed by atoms with van der Waals surface area (Å²) in [7, 11) is 1.58. The Morgan fingerprint density at radius 3 is 2.63 bits per heavy atom. The zero-order chi connectivity index (χ0) is 21.3. The number of benzene rings is 3. The van der Waals surface area contributed by atoms with Crippen molar-refractivity contribution in [3.05, 3.63) is 93.1 Å². The number of carbonyl (C=O) groups is 2. The van der Waals surface area contributed by atoms with Crippen LogP contribution in [0.4, 0.5) is 0 Å². The van der Waals surface area contributed by atoms with Gasteiger partial charge in [0.2, 0.25) is 5.78 Å². The van der Waals surface area contributed by atoms with Gasteiger partial charge in [-0.05, 0) is 70.9 Å². The number of halogens is 1. The Morgan fingerprint density at radius 2 is 1.87 bits per heavy atom. The SMILES string of the molecule is COc1cccc(/C=C2\Oc3c(ccc(OC(=O)c4ccccc4Br)c3C)C2=O)c1. The Hall–Kier alpha value is -3.38. The van der Waals surface area contributed by atoms with E-state index in [1.807, 2.05) is 30.3 Å². The Bertz CT molecular complexity index is 1200. The van der Waals surface area contributed by atoms with Gasteiger partial charge >= 0.3 is 5.97 Å². The fourth-order valence-corrected chi connectivity index (χ4v) is 3.59. The van der Waals surface area contributed by atoms with Crippen molar-refractivity contribution in [3.63, 3.8) is 0 Å². The lowest BCUT2D eigenvalue weighted by molar-refractivity contribution is 0.0732. The third kappa shape index (κ3) is 3.74. The first-order valence-corrected chi connectivity index (χ1v) is 9.96. The molecule has 0 spiro atoms. The molecule has 30 heavy (non-hydrogen) atoms. The number of methoxy groups -OCH3 is 1. The van der Waals surface area contributed by atoms with Crippen molar-refractivity contribution in [1.29, 1.82) is 0 Å². The number of hydrogen-bond donors (Lipinski definition) is 0. The van der Waals surface area contributed by atoms with Crippen LogP contribution in [-0.2, 0) is 0 Å². The molecule has 150 valence electrons. The minimum Gasteiger partial charge on any atom is -0.497 e. The van der Waals surface area contributed by atoms with Crippen LogP contribution in [0.2, 0.25) is 0 Å². The molecule has 0 unspecified atom stereocenters. The number of Topliss-reactive ketones (excluding diaryl/α,β-unsaturated/α-hetero) is 1. The number of carbonyl (C=O) groups excluding carboxylic acids is 2. The first kappa shape index (κ1) is 19.9. The molecule has 0 radical (unpaired) electrons. The minimum atomic E-state index is -0.498. The maximum Gasteiger partial charge on any atom is 0.344 e. The number of rotatable bonds is 4. The molecule has 6 heteroatoms.